The standard InChI is InChI=1S/C19H22N2O5/c22-17(20-11-4-8-15-6-2-1-3-7-15)14-26-18(23)10-12-21-19(24)16-9-5-13-25-16/h1-3,5-7,9,13H,4,8,10-12,14H2,(H,20,22)(H,21,24). The highest BCUT2D eigenvalue weighted by molar-refractivity contribution is 5.91. The van der Waals surface area contributed by atoms with E-state index in [2.05, 4.69) is 10.6 Å². The summed E-state index contributed by atoms with van der Waals surface area (Å²) in [6, 6.07) is 13.1. The van der Waals surface area contributed by atoms with E-state index in [-0.39, 0.29) is 31.2 Å². The zero-order valence-electron chi connectivity index (χ0n) is 14.4. The summed E-state index contributed by atoms with van der Waals surface area (Å²) in [6.07, 6.45) is 3.05. The van der Waals surface area contributed by atoms with Crippen molar-refractivity contribution in [1.82, 2.24) is 10.6 Å². The third-order valence-electron chi connectivity index (χ3n) is 3.53. The van der Waals surface area contributed by atoms with E-state index >= 15 is 0 Å². The van der Waals surface area contributed by atoms with Gasteiger partial charge in [-0.15, -0.1) is 0 Å². The number of benzene rings is 1. The van der Waals surface area contributed by atoms with Gasteiger partial charge in [-0.05, 0) is 30.5 Å². The number of esters is 1. The monoisotopic (exact) mass is 358 g/mol. The van der Waals surface area contributed by atoms with Crippen LogP contribution in [0.15, 0.2) is 53.1 Å². The van der Waals surface area contributed by atoms with Crippen LogP contribution in [0.2, 0.25) is 0 Å². The van der Waals surface area contributed by atoms with Gasteiger partial charge < -0.3 is 19.8 Å². The Balaban J connectivity index is 1.50. The number of nitrogens with one attached hydrogen (secondary N) is 2. The molecule has 0 atom stereocenters. The molecule has 0 fully saturated rings. The molecule has 1 aromatic heterocycles. The molecule has 2 aromatic rings. The molecular formula is C19H22N2O5. The second-order valence-electron chi connectivity index (χ2n) is 5.58. The first kappa shape index (κ1) is 19.2. The van der Waals surface area contributed by atoms with E-state index in [9.17, 15) is 14.4 Å². The molecule has 0 saturated carbocycles. The Hall–Kier alpha value is -3.09. The fourth-order valence-electron chi connectivity index (χ4n) is 2.21. The van der Waals surface area contributed by atoms with Crippen LogP contribution < -0.4 is 10.6 Å². The minimum Gasteiger partial charge on any atom is -0.459 e. The minimum atomic E-state index is -0.552. The summed E-state index contributed by atoms with van der Waals surface area (Å²) in [5.74, 6) is -1.12. The Morgan fingerprint density at radius 3 is 2.50 bits per heavy atom. The van der Waals surface area contributed by atoms with Crippen LogP contribution in [-0.4, -0.2) is 37.5 Å². The van der Waals surface area contributed by atoms with E-state index in [0.29, 0.717) is 6.54 Å². The maximum atomic E-state index is 11.6. The van der Waals surface area contributed by atoms with Gasteiger partial charge in [0.2, 0.25) is 0 Å². The smallest absolute Gasteiger partial charge is 0.308 e. The Kier molecular flexibility index (Phi) is 7.92. The molecule has 26 heavy (non-hydrogen) atoms. The average molecular weight is 358 g/mol. The van der Waals surface area contributed by atoms with Gasteiger partial charge >= 0.3 is 5.97 Å². The maximum Gasteiger partial charge on any atom is 0.308 e. The van der Waals surface area contributed by atoms with Crippen LogP contribution in [0.1, 0.15) is 29.0 Å². The molecule has 0 aliphatic carbocycles. The zero-order valence-corrected chi connectivity index (χ0v) is 14.4. The fourth-order valence-corrected chi connectivity index (χ4v) is 2.21. The Bertz CT molecular complexity index is 698. The maximum absolute atomic E-state index is 11.6. The van der Waals surface area contributed by atoms with Crippen molar-refractivity contribution in [2.75, 3.05) is 19.7 Å². The van der Waals surface area contributed by atoms with Gasteiger partial charge in [0.1, 0.15) is 0 Å². The highest BCUT2D eigenvalue weighted by Gasteiger charge is 2.10. The van der Waals surface area contributed by atoms with Gasteiger partial charge in [-0.25, -0.2) is 0 Å². The van der Waals surface area contributed by atoms with E-state index in [4.69, 9.17) is 9.15 Å². The van der Waals surface area contributed by atoms with Crippen LogP contribution in [0.5, 0.6) is 0 Å². The van der Waals surface area contributed by atoms with Crippen molar-refractivity contribution in [2.45, 2.75) is 19.3 Å². The summed E-state index contributed by atoms with van der Waals surface area (Å²) >= 11 is 0. The molecule has 2 amide bonds. The molecule has 0 saturated heterocycles. The molecule has 0 radical (unpaired) electrons. The molecule has 0 aliphatic rings. The molecule has 0 unspecified atom stereocenters. The normalized spacial score (nSPS) is 10.2. The van der Waals surface area contributed by atoms with Gasteiger partial charge in [-0.2, -0.15) is 0 Å². The van der Waals surface area contributed by atoms with Crippen molar-refractivity contribution >= 4 is 17.8 Å². The van der Waals surface area contributed by atoms with Crippen LogP contribution in [0.3, 0.4) is 0 Å². The lowest BCUT2D eigenvalue weighted by atomic mass is 10.1. The predicted octanol–water partition coefficient (Wildman–Crippen LogP) is 1.69. The first-order chi connectivity index (χ1) is 12.6. The summed E-state index contributed by atoms with van der Waals surface area (Å²) in [4.78, 5) is 34.8. The quantitative estimate of drug-likeness (QED) is 0.498. The summed E-state index contributed by atoms with van der Waals surface area (Å²) in [7, 11) is 0. The van der Waals surface area contributed by atoms with Crippen LogP contribution in [0.25, 0.3) is 0 Å². The molecule has 2 rings (SSSR count). The van der Waals surface area contributed by atoms with E-state index in [1.54, 1.807) is 6.07 Å². The number of hydrogen-bond donors (Lipinski definition) is 2. The van der Waals surface area contributed by atoms with Gasteiger partial charge in [0, 0.05) is 13.1 Å². The lowest BCUT2D eigenvalue weighted by molar-refractivity contribution is -0.148. The van der Waals surface area contributed by atoms with Crippen molar-refractivity contribution in [2.24, 2.45) is 0 Å². The average Bonchev–Trinajstić information content (AvgIpc) is 3.19. The summed E-state index contributed by atoms with van der Waals surface area (Å²) < 4.78 is 9.79. The Labute approximate surface area is 151 Å². The summed E-state index contributed by atoms with van der Waals surface area (Å²) in [5, 5.41) is 5.23. The second-order valence-corrected chi connectivity index (χ2v) is 5.58. The van der Waals surface area contributed by atoms with Gasteiger partial charge in [0.05, 0.1) is 12.7 Å². The van der Waals surface area contributed by atoms with Crippen molar-refractivity contribution < 1.29 is 23.5 Å². The number of carbonyl (C=O) groups is 3. The van der Waals surface area contributed by atoms with Crippen LogP contribution >= 0.6 is 0 Å². The number of rotatable bonds is 10. The number of amides is 2. The van der Waals surface area contributed by atoms with Crippen LogP contribution in [0, 0.1) is 0 Å². The van der Waals surface area contributed by atoms with Crippen molar-refractivity contribution in [3.05, 3.63) is 60.1 Å². The molecule has 138 valence electrons. The van der Waals surface area contributed by atoms with Crippen molar-refractivity contribution in [3.63, 3.8) is 0 Å². The fraction of sp³-hybridized carbons (Fsp3) is 0.316. The van der Waals surface area contributed by atoms with Crippen LogP contribution in [-0.2, 0) is 20.7 Å². The van der Waals surface area contributed by atoms with E-state index in [1.807, 2.05) is 30.3 Å². The third kappa shape index (κ3) is 7.21. The largest absolute Gasteiger partial charge is 0.459 e. The van der Waals surface area contributed by atoms with Crippen LogP contribution in [0.4, 0.5) is 0 Å². The Morgan fingerprint density at radius 2 is 1.77 bits per heavy atom. The number of hydrogen-bond acceptors (Lipinski definition) is 5. The van der Waals surface area contributed by atoms with Crippen molar-refractivity contribution in [3.8, 4) is 0 Å². The van der Waals surface area contributed by atoms with Gasteiger partial charge in [-0.1, -0.05) is 30.3 Å². The molecule has 0 aliphatic heterocycles. The minimum absolute atomic E-state index is 0.0201. The van der Waals surface area contributed by atoms with Crippen molar-refractivity contribution in [1.29, 1.82) is 0 Å². The molecule has 1 aromatic carbocycles. The van der Waals surface area contributed by atoms with Gasteiger partial charge in [0.25, 0.3) is 11.8 Å². The molecule has 1 heterocycles. The van der Waals surface area contributed by atoms with E-state index < -0.39 is 11.9 Å². The predicted molar refractivity (Wildman–Crippen MR) is 94.4 cm³/mol. The molecule has 7 nitrogen and oxygen atoms in total. The highest BCUT2D eigenvalue weighted by atomic mass is 16.5. The first-order valence-corrected chi connectivity index (χ1v) is 8.43. The third-order valence-corrected chi connectivity index (χ3v) is 3.53. The molecular weight excluding hydrogens is 336 g/mol. The summed E-state index contributed by atoms with van der Waals surface area (Å²) in [5.41, 5.74) is 1.21. The zero-order chi connectivity index (χ0) is 18.6. The second kappa shape index (κ2) is 10.7. The molecule has 2 N–H and O–H groups in total. The van der Waals surface area contributed by atoms with E-state index in [1.165, 1.54) is 17.9 Å². The number of carbonyl (C=O) groups excluding carboxylic acids is 3. The lowest BCUT2D eigenvalue weighted by Gasteiger charge is -2.07. The number of furan rings is 1. The first-order valence-electron chi connectivity index (χ1n) is 8.43. The topological polar surface area (TPSA) is 97.6 Å². The number of ether oxygens (including phenoxy) is 1. The van der Waals surface area contributed by atoms with Gasteiger partial charge in [0.15, 0.2) is 12.4 Å². The number of aryl methyl sites for hydroxylation is 1. The molecule has 7 heteroatoms. The summed E-state index contributed by atoms with van der Waals surface area (Å²) in [6.45, 7) is 0.303. The Morgan fingerprint density at radius 1 is 0.962 bits per heavy atom. The molecule has 0 bridgehead atoms. The van der Waals surface area contributed by atoms with Gasteiger partial charge in [-0.3, -0.25) is 14.4 Å². The van der Waals surface area contributed by atoms with E-state index in [0.717, 1.165) is 12.8 Å². The highest BCUT2D eigenvalue weighted by Crippen LogP contribution is 2.01. The lowest BCUT2D eigenvalue weighted by Crippen LogP contribution is -2.31. The SMILES string of the molecule is O=C(COC(=O)CCNC(=O)c1ccco1)NCCCc1ccccc1. The molecule has 0 spiro atoms.